The van der Waals surface area contributed by atoms with Gasteiger partial charge < -0.3 is 9.45 Å². The van der Waals surface area contributed by atoms with Crippen LogP contribution in [-0.4, -0.2) is 51.0 Å². The Morgan fingerprint density at radius 2 is 1.75 bits per heavy atom. The SMILES string of the molecule is CN(CCC#N)c1ccc(C=CC2=[N+](C)c3ccccc3C2(C)C)cc1.COS(=O)(=O)[O-]. The van der Waals surface area contributed by atoms with Crippen LogP contribution < -0.4 is 4.90 Å². The van der Waals surface area contributed by atoms with Crippen molar-refractivity contribution in [3.05, 3.63) is 65.7 Å². The number of allylic oxidation sites excluding steroid dienone is 1. The van der Waals surface area contributed by atoms with E-state index in [4.69, 9.17) is 5.26 Å². The maximum atomic E-state index is 9.22. The topological polar surface area (TPSA) is 96.5 Å². The molecule has 170 valence electrons. The van der Waals surface area contributed by atoms with Gasteiger partial charge in [-0.05, 0) is 37.6 Å². The van der Waals surface area contributed by atoms with Crippen molar-refractivity contribution in [1.82, 2.24) is 0 Å². The van der Waals surface area contributed by atoms with Gasteiger partial charge in [0.1, 0.15) is 7.05 Å². The Bertz CT molecular complexity index is 1140. The molecule has 0 spiro atoms. The minimum atomic E-state index is -4.41. The van der Waals surface area contributed by atoms with Gasteiger partial charge in [-0.2, -0.15) is 9.84 Å². The first-order valence-electron chi connectivity index (χ1n) is 10.1. The molecule has 0 aliphatic carbocycles. The number of hydrogen-bond donors (Lipinski definition) is 0. The normalized spacial score (nSPS) is 14.5. The minimum absolute atomic E-state index is 0.000698. The van der Waals surface area contributed by atoms with Gasteiger partial charge in [0, 0.05) is 37.0 Å². The van der Waals surface area contributed by atoms with Crippen molar-refractivity contribution >= 4 is 33.6 Å². The number of benzene rings is 2. The van der Waals surface area contributed by atoms with Gasteiger partial charge in [-0.3, -0.25) is 4.18 Å². The highest BCUT2D eigenvalue weighted by Crippen LogP contribution is 2.39. The summed E-state index contributed by atoms with van der Waals surface area (Å²) in [6.45, 7) is 5.31. The Balaban J connectivity index is 0.000000534. The summed E-state index contributed by atoms with van der Waals surface area (Å²) in [6.07, 6.45) is 4.95. The highest BCUT2D eigenvalue weighted by molar-refractivity contribution is 7.80. The smallest absolute Gasteiger partial charge is 0.217 e. The molecule has 0 N–H and O–H groups in total. The lowest BCUT2D eigenvalue weighted by molar-refractivity contribution is -0.401. The highest BCUT2D eigenvalue weighted by Gasteiger charge is 2.42. The highest BCUT2D eigenvalue weighted by atomic mass is 32.3. The fraction of sp³-hybridized carbons (Fsp3) is 0.333. The molecule has 8 heteroatoms. The standard InChI is InChI=1S/C23H26N3.CH4O4S/c1-23(2)20-8-5-6-9-21(20)26(4)22(23)15-12-18-10-13-19(14-11-18)25(3)17-7-16-24;1-5-6(2,3)4/h5-6,8-15H,7,17H2,1-4H3;1H3,(H,2,3,4)/q+1;/p-1. The van der Waals surface area contributed by atoms with Crippen molar-refractivity contribution in [3.63, 3.8) is 0 Å². The summed E-state index contributed by atoms with van der Waals surface area (Å²) in [7, 11) is 0.554. The van der Waals surface area contributed by atoms with E-state index in [1.807, 2.05) is 7.05 Å². The van der Waals surface area contributed by atoms with Gasteiger partial charge in [-0.25, -0.2) is 8.42 Å². The first-order valence-corrected chi connectivity index (χ1v) is 11.4. The molecule has 1 aliphatic heterocycles. The van der Waals surface area contributed by atoms with Crippen molar-refractivity contribution in [3.8, 4) is 6.07 Å². The number of anilines is 1. The minimum Gasteiger partial charge on any atom is -0.726 e. The van der Waals surface area contributed by atoms with Gasteiger partial charge in [0.25, 0.3) is 0 Å². The summed E-state index contributed by atoms with van der Waals surface area (Å²) in [5.41, 5.74) is 6.27. The van der Waals surface area contributed by atoms with Crippen LogP contribution in [0.3, 0.4) is 0 Å². The Morgan fingerprint density at radius 1 is 1.16 bits per heavy atom. The largest absolute Gasteiger partial charge is 0.726 e. The summed E-state index contributed by atoms with van der Waals surface area (Å²) in [5.74, 6) is 0. The van der Waals surface area contributed by atoms with Crippen LogP contribution in [0.2, 0.25) is 0 Å². The van der Waals surface area contributed by atoms with E-state index in [1.165, 1.54) is 22.5 Å². The van der Waals surface area contributed by atoms with E-state index >= 15 is 0 Å². The maximum absolute atomic E-state index is 9.22. The predicted octanol–water partition coefficient (Wildman–Crippen LogP) is 3.85. The second kappa shape index (κ2) is 10.6. The Kier molecular flexibility index (Phi) is 8.33. The van der Waals surface area contributed by atoms with Crippen LogP contribution in [-0.2, 0) is 20.0 Å². The van der Waals surface area contributed by atoms with E-state index in [0.29, 0.717) is 6.42 Å². The fourth-order valence-electron chi connectivity index (χ4n) is 3.66. The molecule has 1 aliphatic rings. The molecule has 0 atom stereocenters. The van der Waals surface area contributed by atoms with Crippen LogP contribution in [0.4, 0.5) is 11.4 Å². The molecule has 1 heterocycles. The Hall–Kier alpha value is -2.99. The summed E-state index contributed by atoms with van der Waals surface area (Å²) in [5, 5.41) is 8.72. The molecule has 0 bridgehead atoms. The zero-order valence-corrected chi connectivity index (χ0v) is 19.9. The number of para-hydroxylation sites is 1. The van der Waals surface area contributed by atoms with Crippen molar-refractivity contribution < 1.29 is 21.7 Å². The molecular formula is C24H29N3O4S. The van der Waals surface area contributed by atoms with Crippen LogP contribution in [0.15, 0.2) is 54.6 Å². The number of hydrogen-bond acceptors (Lipinski definition) is 6. The van der Waals surface area contributed by atoms with Crippen molar-refractivity contribution in [2.75, 3.05) is 32.6 Å². The van der Waals surface area contributed by atoms with Gasteiger partial charge in [0.05, 0.1) is 25.0 Å². The average Bonchev–Trinajstić information content (AvgIpc) is 2.96. The lowest BCUT2D eigenvalue weighted by Gasteiger charge is -2.17. The summed E-state index contributed by atoms with van der Waals surface area (Å²) >= 11 is 0. The molecule has 0 saturated carbocycles. The number of rotatable bonds is 6. The Labute approximate surface area is 190 Å². The first-order chi connectivity index (χ1) is 15.0. The van der Waals surface area contributed by atoms with Gasteiger partial charge >= 0.3 is 0 Å². The van der Waals surface area contributed by atoms with Crippen LogP contribution >= 0.6 is 0 Å². The van der Waals surface area contributed by atoms with Crippen molar-refractivity contribution in [2.45, 2.75) is 25.7 Å². The average molecular weight is 456 g/mol. The summed E-state index contributed by atoms with van der Waals surface area (Å²) in [4.78, 5) is 2.11. The fourth-order valence-corrected chi connectivity index (χ4v) is 3.66. The van der Waals surface area contributed by atoms with E-state index in [-0.39, 0.29) is 5.41 Å². The number of nitriles is 1. The Morgan fingerprint density at radius 3 is 2.28 bits per heavy atom. The van der Waals surface area contributed by atoms with E-state index < -0.39 is 10.4 Å². The molecule has 0 fully saturated rings. The van der Waals surface area contributed by atoms with E-state index in [2.05, 4.69) is 101 Å². The molecule has 7 nitrogen and oxygen atoms in total. The molecular weight excluding hydrogens is 426 g/mol. The molecule has 2 aromatic carbocycles. The molecule has 0 radical (unpaired) electrons. The van der Waals surface area contributed by atoms with Crippen LogP contribution in [0.5, 0.6) is 0 Å². The third kappa shape index (κ3) is 6.26. The lowest BCUT2D eigenvalue weighted by atomic mass is 9.81. The first kappa shape index (κ1) is 25.3. The van der Waals surface area contributed by atoms with Crippen molar-refractivity contribution in [1.29, 1.82) is 5.26 Å². The predicted molar refractivity (Wildman–Crippen MR) is 126 cm³/mol. The molecule has 0 unspecified atom stereocenters. The van der Waals surface area contributed by atoms with E-state index in [0.717, 1.165) is 19.3 Å². The quantitative estimate of drug-likeness (QED) is 0.373. The third-order valence-corrected chi connectivity index (χ3v) is 5.88. The maximum Gasteiger partial charge on any atom is 0.217 e. The molecule has 3 rings (SSSR count). The zero-order valence-electron chi connectivity index (χ0n) is 19.1. The second-order valence-electron chi connectivity index (χ2n) is 7.92. The van der Waals surface area contributed by atoms with Gasteiger partial charge in [0.15, 0.2) is 5.71 Å². The number of nitrogens with zero attached hydrogens (tertiary/aromatic N) is 3. The molecule has 32 heavy (non-hydrogen) atoms. The summed E-state index contributed by atoms with van der Waals surface area (Å²) in [6, 6.07) is 19.3. The monoisotopic (exact) mass is 455 g/mol. The van der Waals surface area contributed by atoms with Crippen LogP contribution in [0.1, 0.15) is 31.4 Å². The molecule has 0 aromatic heterocycles. The van der Waals surface area contributed by atoms with E-state index in [9.17, 15) is 13.0 Å². The number of fused-ring (bicyclic) bond motifs is 1. The van der Waals surface area contributed by atoms with Crippen LogP contribution in [0.25, 0.3) is 6.08 Å². The van der Waals surface area contributed by atoms with Gasteiger partial charge in [-0.1, -0.05) is 30.3 Å². The van der Waals surface area contributed by atoms with Gasteiger partial charge in [0.2, 0.25) is 16.1 Å². The van der Waals surface area contributed by atoms with Crippen LogP contribution in [0, 0.1) is 11.3 Å². The lowest BCUT2D eigenvalue weighted by Crippen LogP contribution is -2.26. The van der Waals surface area contributed by atoms with E-state index in [1.54, 1.807) is 0 Å². The third-order valence-electron chi connectivity index (χ3n) is 5.47. The molecule has 0 amide bonds. The zero-order chi connectivity index (χ0) is 23.9. The molecule has 2 aromatic rings. The summed E-state index contributed by atoms with van der Waals surface area (Å²) < 4.78 is 33.3. The van der Waals surface area contributed by atoms with Crippen molar-refractivity contribution in [2.24, 2.45) is 0 Å². The molecule has 0 saturated heterocycles. The van der Waals surface area contributed by atoms with Gasteiger partial charge in [-0.15, -0.1) is 0 Å². The second-order valence-corrected chi connectivity index (χ2v) is 9.07.